The molecule has 1 fully saturated rings. The van der Waals surface area contributed by atoms with E-state index in [9.17, 15) is 5.26 Å². The van der Waals surface area contributed by atoms with E-state index in [-0.39, 0.29) is 6.04 Å². The second kappa shape index (κ2) is 6.67. The Balaban J connectivity index is 2.21. The summed E-state index contributed by atoms with van der Waals surface area (Å²) in [5.41, 5.74) is 1.05. The van der Waals surface area contributed by atoms with Crippen LogP contribution in [0.2, 0.25) is 0 Å². The van der Waals surface area contributed by atoms with Crippen LogP contribution in [-0.2, 0) is 0 Å². The van der Waals surface area contributed by atoms with Crippen molar-refractivity contribution in [1.29, 1.82) is 5.26 Å². The molecule has 1 heterocycles. The van der Waals surface area contributed by atoms with Gasteiger partial charge in [-0.3, -0.25) is 4.90 Å². The molecule has 1 aromatic carbocycles. The maximum atomic E-state index is 9.44. The minimum atomic E-state index is -0.158. The van der Waals surface area contributed by atoms with E-state index < -0.39 is 0 Å². The summed E-state index contributed by atoms with van der Waals surface area (Å²) in [6.45, 7) is 3.89. The molecule has 0 saturated carbocycles. The van der Waals surface area contributed by atoms with Gasteiger partial charge in [-0.25, -0.2) is 0 Å². The van der Waals surface area contributed by atoms with Crippen molar-refractivity contribution < 1.29 is 0 Å². The van der Waals surface area contributed by atoms with Gasteiger partial charge in [-0.15, -0.1) is 0 Å². The number of hydrogen-bond donors (Lipinski definition) is 1. The van der Waals surface area contributed by atoms with Crippen LogP contribution in [0.15, 0.2) is 27.1 Å². The van der Waals surface area contributed by atoms with Crippen LogP contribution in [0.3, 0.4) is 0 Å². The van der Waals surface area contributed by atoms with Crippen LogP contribution in [0.25, 0.3) is 0 Å². The van der Waals surface area contributed by atoms with Gasteiger partial charge in [-0.05, 0) is 62.5 Å². The Hall–Kier alpha value is -0.410. The van der Waals surface area contributed by atoms with Crippen molar-refractivity contribution in [3.63, 3.8) is 0 Å². The second-order valence-electron chi connectivity index (χ2n) is 4.34. The standard InChI is InChI=1S/C13H15Br2N3/c14-11-3-2-10(8-12(11)15)13(9-16)18-6-1-4-17-5-7-18/h2-3,8,13,17H,1,4-7H2. The fraction of sp³-hybridized carbons (Fsp3) is 0.462. The van der Waals surface area contributed by atoms with Gasteiger partial charge in [0.05, 0.1) is 6.07 Å². The molecule has 96 valence electrons. The molecule has 1 saturated heterocycles. The third kappa shape index (κ3) is 3.33. The highest BCUT2D eigenvalue weighted by molar-refractivity contribution is 9.13. The van der Waals surface area contributed by atoms with E-state index >= 15 is 0 Å². The van der Waals surface area contributed by atoms with Crippen LogP contribution in [0, 0.1) is 11.3 Å². The van der Waals surface area contributed by atoms with Gasteiger partial charge in [-0.2, -0.15) is 5.26 Å². The summed E-state index contributed by atoms with van der Waals surface area (Å²) < 4.78 is 2.01. The predicted molar refractivity (Wildman–Crippen MR) is 79.3 cm³/mol. The molecule has 0 amide bonds. The SMILES string of the molecule is N#CC(c1ccc(Br)c(Br)c1)N1CCCNCC1. The van der Waals surface area contributed by atoms with Gasteiger partial charge in [0.25, 0.3) is 0 Å². The molecule has 0 spiro atoms. The van der Waals surface area contributed by atoms with Crippen LogP contribution in [0.4, 0.5) is 0 Å². The van der Waals surface area contributed by atoms with Crippen molar-refractivity contribution in [3.8, 4) is 6.07 Å². The number of rotatable bonds is 2. The zero-order valence-electron chi connectivity index (χ0n) is 10.00. The van der Waals surface area contributed by atoms with Crippen molar-refractivity contribution in [3.05, 3.63) is 32.7 Å². The summed E-state index contributed by atoms with van der Waals surface area (Å²) in [7, 11) is 0. The Bertz CT molecular complexity index is 448. The van der Waals surface area contributed by atoms with E-state index in [0.717, 1.165) is 47.1 Å². The van der Waals surface area contributed by atoms with Gasteiger partial charge in [0.2, 0.25) is 0 Å². The molecule has 0 radical (unpaired) electrons. The monoisotopic (exact) mass is 371 g/mol. The zero-order chi connectivity index (χ0) is 13.0. The van der Waals surface area contributed by atoms with E-state index in [4.69, 9.17) is 0 Å². The third-order valence-electron chi connectivity index (χ3n) is 3.12. The summed E-state index contributed by atoms with van der Waals surface area (Å²) in [6, 6.07) is 8.29. The fourth-order valence-electron chi connectivity index (χ4n) is 2.17. The quantitative estimate of drug-likeness (QED) is 0.866. The van der Waals surface area contributed by atoms with Crippen molar-refractivity contribution in [2.45, 2.75) is 12.5 Å². The van der Waals surface area contributed by atoms with Crippen molar-refractivity contribution in [2.24, 2.45) is 0 Å². The normalized spacial score (nSPS) is 18.9. The van der Waals surface area contributed by atoms with Gasteiger partial charge in [0, 0.05) is 28.6 Å². The summed E-state index contributed by atoms with van der Waals surface area (Å²) in [4.78, 5) is 2.25. The third-order valence-corrected chi connectivity index (χ3v) is 5.00. The summed E-state index contributed by atoms with van der Waals surface area (Å²) in [5.74, 6) is 0. The molecule has 2 rings (SSSR count). The minimum absolute atomic E-state index is 0.158. The van der Waals surface area contributed by atoms with Crippen molar-refractivity contribution in [1.82, 2.24) is 10.2 Å². The number of halogens is 2. The highest BCUT2D eigenvalue weighted by Crippen LogP contribution is 2.28. The highest BCUT2D eigenvalue weighted by Gasteiger charge is 2.21. The second-order valence-corrected chi connectivity index (χ2v) is 6.05. The smallest absolute Gasteiger partial charge is 0.123 e. The predicted octanol–water partition coefficient (Wildman–Crippen LogP) is 3.07. The Labute approximate surface area is 124 Å². The van der Waals surface area contributed by atoms with Crippen LogP contribution >= 0.6 is 31.9 Å². The Morgan fingerprint density at radius 3 is 2.78 bits per heavy atom. The molecular formula is C13H15Br2N3. The molecule has 1 aliphatic heterocycles. The lowest BCUT2D eigenvalue weighted by atomic mass is 10.1. The molecule has 18 heavy (non-hydrogen) atoms. The Morgan fingerprint density at radius 1 is 1.22 bits per heavy atom. The molecule has 0 bridgehead atoms. The molecule has 1 atom stereocenters. The van der Waals surface area contributed by atoms with Gasteiger partial charge < -0.3 is 5.32 Å². The number of nitrogens with zero attached hydrogens (tertiary/aromatic N) is 2. The van der Waals surface area contributed by atoms with E-state index in [1.807, 2.05) is 18.2 Å². The summed E-state index contributed by atoms with van der Waals surface area (Å²) in [5, 5.41) is 12.8. The molecular weight excluding hydrogens is 358 g/mol. The lowest BCUT2D eigenvalue weighted by Crippen LogP contribution is -2.31. The van der Waals surface area contributed by atoms with Crippen LogP contribution in [0.1, 0.15) is 18.0 Å². The van der Waals surface area contributed by atoms with Gasteiger partial charge >= 0.3 is 0 Å². The van der Waals surface area contributed by atoms with Crippen molar-refractivity contribution in [2.75, 3.05) is 26.2 Å². The lowest BCUT2D eigenvalue weighted by molar-refractivity contribution is 0.252. The molecule has 1 N–H and O–H groups in total. The number of nitrogens with one attached hydrogen (secondary N) is 1. The van der Waals surface area contributed by atoms with E-state index in [0.29, 0.717) is 0 Å². The van der Waals surface area contributed by atoms with E-state index in [1.165, 1.54) is 0 Å². The van der Waals surface area contributed by atoms with Crippen molar-refractivity contribution >= 4 is 31.9 Å². The lowest BCUT2D eigenvalue weighted by Gasteiger charge is -2.25. The zero-order valence-corrected chi connectivity index (χ0v) is 13.2. The molecule has 1 aliphatic rings. The van der Waals surface area contributed by atoms with Gasteiger partial charge in [-0.1, -0.05) is 6.07 Å². The van der Waals surface area contributed by atoms with Crippen LogP contribution in [-0.4, -0.2) is 31.1 Å². The molecule has 0 aliphatic carbocycles. The number of hydrogen-bond acceptors (Lipinski definition) is 3. The van der Waals surface area contributed by atoms with E-state index in [1.54, 1.807) is 0 Å². The maximum absolute atomic E-state index is 9.44. The first kappa shape index (κ1) is 14.0. The average molecular weight is 373 g/mol. The molecule has 3 nitrogen and oxygen atoms in total. The summed E-state index contributed by atoms with van der Waals surface area (Å²) >= 11 is 6.95. The number of benzene rings is 1. The Kier molecular flexibility index (Phi) is 5.19. The highest BCUT2D eigenvalue weighted by atomic mass is 79.9. The minimum Gasteiger partial charge on any atom is -0.315 e. The van der Waals surface area contributed by atoms with E-state index in [2.05, 4.69) is 48.1 Å². The first-order valence-corrected chi connectivity index (χ1v) is 7.60. The largest absolute Gasteiger partial charge is 0.315 e. The maximum Gasteiger partial charge on any atom is 0.123 e. The summed E-state index contributed by atoms with van der Waals surface area (Å²) in [6.07, 6.45) is 1.09. The molecule has 1 aromatic rings. The van der Waals surface area contributed by atoms with Crippen LogP contribution in [0.5, 0.6) is 0 Å². The first-order valence-electron chi connectivity index (χ1n) is 6.01. The fourth-order valence-corrected chi connectivity index (χ4v) is 2.82. The topological polar surface area (TPSA) is 39.1 Å². The molecule has 0 aromatic heterocycles. The average Bonchev–Trinajstić information content (AvgIpc) is 2.64. The molecule has 1 unspecified atom stereocenters. The Morgan fingerprint density at radius 2 is 2.06 bits per heavy atom. The van der Waals surface area contributed by atoms with Gasteiger partial charge in [0.15, 0.2) is 0 Å². The first-order chi connectivity index (χ1) is 8.72. The van der Waals surface area contributed by atoms with Crippen LogP contribution < -0.4 is 5.32 Å². The van der Waals surface area contributed by atoms with Gasteiger partial charge in [0.1, 0.15) is 6.04 Å². The molecule has 5 heteroatoms. The number of nitriles is 1.